The van der Waals surface area contributed by atoms with Crippen molar-refractivity contribution in [3.8, 4) is 5.75 Å². The van der Waals surface area contributed by atoms with Crippen molar-refractivity contribution in [1.29, 1.82) is 0 Å². The number of nitro benzene ring substituents is 1. The molecule has 1 saturated heterocycles. The molecule has 2 heterocycles. The van der Waals surface area contributed by atoms with Crippen LogP contribution in [0, 0.1) is 17.0 Å². The lowest BCUT2D eigenvalue weighted by atomic mass is 10.0. The minimum absolute atomic E-state index is 0.159. The zero-order valence-electron chi connectivity index (χ0n) is 17.7. The number of nitro groups is 1. The molecule has 0 aliphatic carbocycles. The number of H-pyrrole nitrogens is 1. The number of Topliss-reactive ketones (excluding diaryl/α,β-unsaturated/α-hetero) is 1. The third kappa shape index (κ3) is 3.87. The van der Waals surface area contributed by atoms with Crippen LogP contribution in [-0.4, -0.2) is 47.6 Å². The van der Waals surface area contributed by atoms with E-state index in [9.17, 15) is 23.3 Å². The maximum Gasteiger partial charge on any atom is 0.312 e. The molecule has 1 aliphatic heterocycles. The monoisotopic (exact) mass is 457 g/mol. The lowest BCUT2D eigenvalue weighted by molar-refractivity contribution is -0.386. The Balaban J connectivity index is 1.64. The van der Waals surface area contributed by atoms with Gasteiger partial charge in [0.25, 0.3) is 0 Å². The van der Waals surface area contributed by atoms with Crippen molar-refractivity contribution in [3.63, 3.8) is 0 Å². The summed E-state index contributed by atoms with van der Waals surface area (Å²) < 4.78 is 32.5. The Labute approximate surface area is 185 Å². The Bertz CT molecular complexity index is 1310. The van der Waals surface area contributed by atoms with Crippen LogP contribution in [0.1, 0.15) is 35.8 Å². The zero-order chi connectivity index (χ0) is 23.0. The Kier molecular flexibility index (Phi) is 5.74. The third-order valence-electron chi connectivity index (χ3n) is 5.64. The van der Waals surface area contributed by atoms with E-state index in [2.05, 4.69) is 4.98 Å². The summed E-state index contributed by atoms with van der Waals surface area (Å²) in [6.07, 6.45) is 0.498. The van der Waals surface area contributed by atoms with Crippen LogP contribution in [0.3, 0.4) is 0 Å². The fourth-order valence-electron chi connectivity index (χ4n) is 4.02. The van der Waals surface area contributed by atoms with Gasteiger partial charge in [-0.2, -0.15) is 4.31 Å². The van der Waals surface area contributed by atoms with Crippen molar-refractivity contribution in [2.24, 2.45) is 0 Å². The minimum atomic E-state index is -3.82. The van der Waals surface area contributed by atoms with E-state index in [1.54, 1.807) is 6.92 Å². The molecule has 0 bridgehead atoms. The molecule has 0 saturated carbocycles. The topological polar surface area (TPSA) is 123 Å². The van der Waals surface area contributed by atoms with Crippen LogP contribution in [0.5, 0.6) is 5.75 Å². The van der Waals surface area contributed by atoms with Gasteiger partial charge in [0.2, 0.25) is 15.8 Å². The summed E-state index contributed by atoms with van der Waals surface area (Å²) in [6.45, 7) is 4.08. The molecule has 0 spiro atoms. The number of carbonyl (C=O) groups excluding carboxylic acids is 1. The average Bonchev–Trinajstić information content (AvgIpc) is 3.41. The Morgan fingerprint density at radius 3 is 2.56 bits per heavy atom. The standard InChI is InChI=1S/C22H23N3O6S/c1-14-21(17-7-3-4-8-18(17)23-14)22(26)15(2)31-20-10-9-16(13-19(20)25(27)28)32(29,30)24-11-5-6-12-24/h3-4,7-10,13,15,23H,5-6,11-12H2,1-2H3. The fourth-order valence-corrected chi connectivity index (χ4v) is 5.56. The molecule has 32 heavy (non-hydrogen) atoms. The van der Waals surface area contributed by atoms with E-state index < -0.39 is 26.7 Å². The van der Waals surface area contributed by atoms with Gasteiger partial charge in [-0.25, -0.2) is 8.42 Å². The predicted octanol–water partition coefficient (Wildman–Crippen LogP) is 3.82. The van der Waals surface area contributed by atoms with Gasteiger partial charge in [0.05, 0.1) is 9.82 Å². The number of aryl methyl sites for hydroxylation is 1. The third-order valence-corrected chi connectivity index (χ3v) is 7.54. The number of nitrogens with zero attached hydrogens (tertiary/aromatic N) is 2. The number of hydrogen-bond donors (Lipinski definition) is 1. The molecule has 2 aromatic carbocycles. The molecule has 1 fully saturated rings. The number of nitrogens with one attached hydrogen (secondary N) is 1. The van der Waals surface area contributed by atoms with Gasteiger partial charge < -0.3 is 9.72 Å². The van der Waals surface area contributed by atoms with Crippen LogP contribution in [0.4, 0.5) is 5.69 Å². The minimum Gasteiger partial charge on any atom is -0.475 e. The van der Waals surface area contributed by atoms with Gasteiger partial charge >= 0.3 is 5.69 Å². The number of fused-ring (bicyclic) bond motifs is 1. The van der Waals surface area contributed by atoms with Crippen molar-refractivity contribution in [2.75, 3.05) is 13.1 Å². The molecule has 0 radical (unpaired) electrons. The van der Waals surface area contributed by atoms with Gasteiger partial charge in [-0.1, -0.05) is 18.2 Å². The Morgan fingerprint density at radius 1 is 1.19 bits per heavy atom. The van der Waals surface area contributed by atoms with Gasteiger partial charge in [-0.05, 0) is 44.9 Å². The van der Waals surface area contributed by atoms with Crippen LogP contribution in [0.25, 0.3) is 10.9 Å². The molecule has 0 amide bonds. The number of ketones is 1. The Morgan fingerprint density at radius 2 is 1.88 bits per heavy atom. The molecular formula is C22H23N3O6S. The summed E-state index contributed by atoms with van der Waals surface area (Å²) in [4.78, 5) is 27.1. The highest BCUT2D eigenvalue weighted by Crippen LogP contribution is 2.33. The summed E-state index contributed by atoms with van der Waals surface area (Å²) in [5, 5.41) is 12.4. The second-order valence-corrected chi connectivity index (χ2v) is 9.73. The number of ether oxygens (including phenoxy) is 1. The van der Waals surface area contributed by atoms with E-state index in [4.69, 9.17) is 4.74 Å². The number of hydrogen-bond acceptors (Lipinski definition) is 6. The van der Waals surface area contributed by atoms with Gasteiger partial charge in [0.15, 0.2) is 11.9 Å². The summed E-state index contributed by atoms with van der Waals surface area (Å²) in [5.74, 6) is -0.489. The normalized spacial score (nSPS) is 15.7. The highest BCUT2D eigenvalue weighted by molar-refractivity contribution is 7.89. The van der Waals surface area contributed by atoms with Crippen LogP contribution < -0.4 is 4.74 Å². The average molecular weight is 458 g/mol. The summed E-state index contributed by atoms with van der Waals surface area (Å²) in [5.41, 5.74) is 1.45. The van der Waals surface area contributed by atoms with Gasteiger partial charge in [0.1, 0.15) is 0 Å². The molecule has 168 valence electrons. The smallest absolute Gasteiger partial charge is 0.312 e. The van der Waals surface area contributed by atoms with E-state index >= 15 is 0 Å². The number of carbonyl (C=O) groups is 1. The Hall–Kier alpha value is -3.24. The highest BCUT2D eigenvalue weighted by atomic mass is 32.2. The predicted molar refractivity (Wildman–Crippen MR) is 119 cm³/mol. The lowest BCUT2D eigenvalue weighted by Gasteiger charge is -2.17. The number of sulfonamides is 1. The molecule has 3 aromatic rings. The zero-order valence-corrected chi connectivity index (χ0v) is 18.5. The van der Waals surface area contributed by atoms with E-state index in [0.29, 0.717) is 24.3 Å². The number of para-hydroxylation sites is 1. The first-order valence-corrected chi connectivity index (χ1v) is 11.7. The maximum absolute atomic E-state index is 13.1. The van der Waals surface area contributed by atoms with Crippen molar-refractivity contribution in [1.82, 2.24) is 9.29 Å². The van der Waals surface area contributed by atoms with Crippen LogP contribution in [0.15, 0.2) is 47.4 Å². The summed E-state index contributed by atoms with van der Waals surface area (Å²) >= 11 is 0. The molecule has 1 atom stereocenters. The van der Waals surface area contributed by atoms with E-state index in [1.807, 2.05) is 24.3 Å². The molecule has 10 heteroatoms. The summed E-state index contributed by atoms with van der Waals surface area (Å²) in [7, 11) is -3.82. The van der Waals surface area contributed by atoms with Crippen molar-refractivity contribution in [2.45, 2.75) is 37.7 Å². The van der Waals surface area contributed by atoms with Gasteiger partial charge in [-0.15, -0.1) is 0 Å². The van der Waals surface area contributed by atoms with E-state index in [0.717, 1.165) is 29.8 Å². The number of aromatic nitrogens is 1. The first-order valence-electron chi connectivity index (χ1n) is 10.3. The van der Waals surface area contributed by atoms with Crippen LogP contribution in [0.2, 0.25) is 0 Å². The molecule has 1 N–H and O–H groups in total. The van der Waals surface area contributed by atoms with E-state index in [-0.39, 0.29) is 16.4 Å². The SMILES string of the molecule is Cc1[nH]c2ccccc2c1C(=O)C(C)Oc1ccc(S(=O)(=O)N2CCCC2)cc1[N+](=O)[O-]. The van der Waals surface area contributed by atoms with Crippen LogP contribution >= 0.6 is 0 Å². The largest absolute Gasteiger partial charge is 0.475 e. The lowest BCUT2D eigenvalue weighted by Crippen LogP contribution is -2.28. The molecule has 1 aliphatic rings. The quantitative estimate of drug-likeness (QED) is 0.327. The second kappa shape index (κ2) is 8.36. The van der Waals surface area contributed by atoms with Crippen LogP contribution in [-0.2, 0) is 10.0 Å². The number of benzene rings is 2. The van der Waals surface area contributed by atoms with Gasteiger partial charge in [0, 0.05) is 41.3 Å². The van der Waals surface area contributed by atoms with Gasteiger partial charge in [-0.3, -0.25) is 14.9 Å². The molecule has 1 unspecified atom stereocenters. The number of rotatable bonds is 7. The highest BCUT2D eigenvalue weighted by Gasteiger charge is 2.31. The van der Waals surface area contributed by atoms with Crippen molar-refractivity contribution >= 4 is 32.4 Å². The molecule has 4 rings (SSSR count). The molecular weight excluding hydrogens is 434 g/mol. The first-order chi connectivity index (χ1) is 15.2. The van der Waals surface area contributed by atoms with E-state index in [1.165, 1.54) is 23.4 Å². The van der Waals surface area contributed by atoms with Crippen molar-refractivity contribution < 1.29 is 22.9 Å². The number of aromatic amines is 1. The van der Waals surface area contributed by atoms with Crippen molar-refractivity contribution in [3.05, 3.63) is 63.8 Å². The summed E-state index contributed by atoms with van der Waals surface area (Å²) in [6, 6.07) is 10.9. The molecule has 1 aromatic heterocycles. The second-order valence-electron chi connectivity index (χ2n) is 7.79. The first kappa shape index (κ1) is 22.0. The fraction of sp³-hybridized carbons (Fsp3) is 0.318. The maximum atomic E-state index is 13.1. The molecule has 9 nitrogen and oxygen atoms in total.